The van der Waals surface area contributed by atoms with E-state index in [0.717, 1.165) is 10.0 Å². The number of carbonyl (C=O) groups is 2. The molecule has 1 atom stereocenters. The molecular formula is C11H12BrN3O2S. The lowest BCUT2D eigenvalue weighted by atomic mass is 10.0. The zero-order valence-corrected chi connectivity index (χ0v) is 11.9. The number of nitrogens with zero attached hydrogens (tertiary/aromatic N) is 1. The maximum atomic E-state index is 11.8. The van der Waals surface area contributed by atoms with Crippen LogP contribution in [-0.4, -0.2) is 28.6 Å². The van der Waals surface area contributed by atoms with Gasteiger partial charge in [-0.2, -0.15) is 12.6 Å². The van der Waals surface area contributed by atoms with E-state index >= 15 is 0 Å². The van der Waals surface area contributed by atoms with Crippen molar-refractivity contribution in [3.8, 4) is 0 Å². The highest BCUT2D eigenvalue weighted by Gasteiger charge is 2.28. The zero-order valence-electron chi connectivity index (χ0n) is 9.44. The third kappa shape index (κ3) is 3.02. The Kier molecular flexibility index (Phi) is 4.23. The minimum absolute atomic E-state index is 0.170. The summed E-state index contributed by atoms with van der Waals surface area (Å²) >= 11 is 7.31. The summed E-state index contributed by atoms with van der Waals surface area (Å²) in [5, 5.41) is 5.37. The van der Waals surface area contributed by atoms with Gasteiger partial charge in [-0.1, -0.05) is 0 Å². The van der Waals surface area contributed by atoms with E-state index in [-0.39, 0.29) is 11.8 Å². The Morgan fingerprint density at radius 2 is 2.44 bits per heavy atom. The fourth-order valence-corrected chi connectivity index (χ4v) is 2.33. The summed E-state index contributed by atoms with van der Waals surface area (Å²) in [6, 6.07) is 1.35. The lowest BCUT2D eigenvalue weighted by molar-refractivity contribution is -0.126. The summed E-state index contributed by atoms with van der Waals surface area (Å²) in [7, 11) is 0. The van der Waals surface area contributed by atoms with Gasteiger partial charge in [-0.15, -0.1) is 0 Å². The Balaban J connectivity index is 2.12. The summed E-state index contributed by atoms with van der Waals surface area (Å²) in [6.07, 6.45) is 2.38. The van der Waals surface area contributed by atoms with E-state index in [1.807, 2.05) is 6.07 Å². The number of fused-ring (bicyclic) bond motifs is 1. The summed E-state index contributed by atoms with van der Waals surface area (Å²) in [5.41, 5.74) is 0.903. The van der Waals surface area contributed by atoms with Crippen molar-refractivity contribution in [2.45, 2.75) is 18.9 Å². The maximum absolute atomic E-state index is 11.8. The number of aromatic nitrogens is 1. The van der Waals surface area contributed by atoms with Crippen LogP contribution in [-0.2, 0) is 16.0 Å². The summed E-state index contributed by atoms with van der Waals surface area (Å²) in [5.74, 6) is 0.619. The fourth-order valence-electron chi connectivity index (χ4n) is 1.75. The van der Waals surface area contributed by atoms with Crippen molar-refractivity contribution in [3.05, 3.63) is 22.3 Å². The molecule has 2 heterocycles. The van der Waals surface area contributed by atoms with Crippen molar-refractivity contribution >= 4 is 46.2 Å². The van der Waals surface area contributed by atoms with E-state index < -0.39 is 6.04 Å². The maximum Gasteiger partial charge on any atom is 0.248 e. The minimum atomic E-state index is -0.541. The van der Waals surface area contributed by atoms with Crippen LogP contribution in [0.5, 0.6) is 0 Å². The van der Waals surface area contributed by atoms with Crippen molar-refractivity contribution < 1.29 is 9.59 Å². The van der Waals surface area contributed by atoms with E-state index in [9.17, 15) is 9.59 Å². The monoisotopic (exact) mass is 329 g/mol. The molecular weight excluding hydrogens is 318 g/mol. The highest BCUT2D eigenvalue weighted by Crippen LogP contribution is 2.23. The Morgan fingerprint density at radius 3 is 3.17 bits per heavy atom. The van der Waals surface area contributed by atoms with Gasteiger partial charge in [-0.25, -0.2) is 4.98 Å². The van der Waals surface area contributed by atoms with Gasteiger partial charge >= 0.3 is 0 Å². The van der Waals surface area contributed by atoms with Gasteiger partial charge in [0.05, 0.1) is 0 Å². The van der Waals surface area contributed by atoms with Gasteiger partial charge in [0.2, 0.25) is 11.8 Å². The predicted molar refractivity (Wildman–Crippen MR) is 74.7 cm³/mol. The Bertz CT molecular complexity index is 495. The average molecular weight is 330 g/mol. The molecule has 0 fully saturated rings. The van der Waals surface area contributed by atoms with Gasteiger partial charge in [0.1, 0.15) is 11.9 Å². The van der Waals surface area contributed by atoms with Gasteiger partial charge in [0.25, 0.3) is 0 Å². The molecule has 0 saturated heterocycles. The van der Waals surface area contributed by atoms with E-state index in [1.165, 1.54) is 0 Å². The Hall–Kier alpha value is -1.08. The number of thiol groups is 1. The topological polar surface area (TPSA) is 71.1 Å². The van der Waals surface area contributed by atoms with Crippen molar-refractivity contribution in [1.29, 1.82) is 0 Å². The van der Waals surface area contributed by atoms with Gasteiger partial charge in [0, 0.05) is 23.5 Å². The van der Waals surface area contributed by atoms with Crippen LogP contribution in [0.4, 0.5) is 5.82 Å². The highest BCUT2D eigenvalue weighted by molar-refractivity contribution is 9.10. The molecule has 0 saturated carbocycles. The number of amides is 2. The molecule has 7 heteroatoms. The van der Waals surface area contributed by atoms with Crippen LogP contribution in [0.25, 0.3) is 0 Å². The summed E-state index contributed by atoms with van der Waals surface area (Å²) in [4.78, 5) is 27.4. The molecule has 96 valence electrons. The van der Waals surface area contributed by atoms with Gasteiger partial charge in [-0.05, 0) is 33.3 Å². The van der Waals surface area contributed by atoms with Gasteiger partial charge in [0.15, 0.2) is 0 Å². The van der Waals surface area contributed by atoms with Crippen LogP contribution in [0.2, 0.25) is 0 Å². The first-order valence-corrected chi connectivity index (χ1v) is 6.88. The van der Waals surface area contributed by atoms with Gasteiger partial charge in [-0.3, -0.25) is 9.59 Å². The first-order chi connectivity index (χ1) is 8.60. The van der Waals surface area contributed by atoms with Gasteiger partial charge < -0.3 is 10.6 Å². The largest absolute Gasteiger partial charge is 0.344 e. The molecule has 1 aromatic rings. The van der Waals surface area contributed by atoms with E-state index in [0.29, 0.717) is 24.4 Å². The molecule has 1 aliphatic rings. The van der Waals surface area contributed by atoms with Crippen molar-refractivity contribution in [2.75, 3.05) is 11.1 Å². The number of carbonyl (C=O) groups excluding carboxylic acids is 2. The van der Waals surface area contributed by atoms with Crippen LogP contribution < -0.4 is 10.6 Å². The van der Waals surface area contributed by atoms with Crippen molar-refractivity contribution in [2.24, 2.45) is 0 Å². The van der Waals surface area contributed by atoms with Crippen LogP contribution in [0, 0.1) is 0 Å². The summed E-state index contributed by atoms with van der Waals surface area (Å²) in [6.45, 7) is 0. The lowest BCUT2D eigenvalue weighted by Crippen LogP contribution is -2.47. The molecule has 0 aromatic carbocycles. The zero-order chi connectivity index (χ0) is 13.1. The number of halogens is 1. The molecule has 0 bridgehead atoms. The Morgan fingerprint density at radius 1 is 1.67 bits per heavy atom. The second-order valence-electron chi connectivity index (χ2n) is 3.95. The minimum Gasteiger partial charge on any atom is -0.344 e. The fraction of sp³-hybridized carbons (Fsp3) is 0.364. The molecule has 5 nitrogen and oxygen atoms in total. The van der Waals surface area contributed by atoms with Crippen molar-refractivity contribution in [3.63, 3.8) is 0 Å². The number of hydrogen-bond donors (Lipinski definition) is 3. The van der Waals surface area contributed by atoms with Crippen LogP contribution in [0.1, 0.15) is 12.0 Å². The molecule has 2 amide bonds. The van der Waals surface area contributed by atoms with Crippen LogP contribution >= 0.6 is 28.6 Å². The normalized spacial score (nSPS) is 17.9. The lowest BCUT2D eigenvalue weighted by Gasteiger charge is -2.24. The molecule has 0 aliphatic carbocycles. The quantitative estimate of drug-likeness (QED) is 0.728. The molecule has 0 radical (unpaired) electrons. The first-order valence-electron chi connectivity index (χ1n) is 5.45. The van der Waals surface area contributed by atoms with Crippen LogP contribution in [0.3, 0.4) is 0 Å². The molecule has 2 N–H and O–H groups in total. The second-order valence-corrected chi connectivity index (χ2v) is 5.31. The standard InChI is InChI=1S/C11H12BrN3O2S/c12-7-3-6-4-8(14-9(16)1-2-18)11(17)15-10(6)13-5-7/h3,5,8,18H,1-2,4H2,(H,14,16)(H,13,15,17). The second kappa shape index (κ2) is 5.71. The smallest absolute Gasteiger partial charge is 0.248 e. The number of anilines is 1. The average Bonchev–Trinajstić information content (AvgIpc) is 2.31. The third-order valence-electron chi connectivity index (χ3n) is 2.59. The van der Waals surface area contributed by atoms with Crippen LogP contribution in [0.15, 0.2) is 16.7 Å². The highest BCUT2D eigenvalue weighted by atomic mass is 79.9. The summed E-state index contributed by atoms with van der Waals surface area (Å²) < 4.78 is 0.845. The number of rotatable bonds is 3. The number of pyridine rings is 1. The van der Waals surface area contributed by atoms with E-state index in [2.05, 4.69) is 44.2 Å². The SMILES string of the molecule is O=C(CCS)NC1Cc2cc(Br)cnc2NC1=O. The third-order valence-corrected chi connectivity index (χ3v) is 3.25. The first kappa shape index (κ1) is 13.4. The number of hydrogen-bond acceptors (Lipinski definition) is 4. The molecule has 18 heavy (non-hydrogen) atoms. The molecule has 1 aliphatic heterocycles. The Labute approximate surface area is 118 Å². The van der Waals surface area contributed by atoms with E-state index in [4.69, 9.17) is 0 Å². The predicted octanol–water partition coefficient (Wildman–Crippen LogP) is 1.14. The molecule has 1 unspecified atom stereocenters. The molecule has 2 rings (SSSR count). The van der Waals surface area contributed by atoms with E-state index in [1.54, 1.807) is 6.20 Å². The van der Waals surface area contributed by atoms with Crippen molar-refractivity contribution in [1.82, 2.24) is 10.3 Å². The number of nitrogens with one attached hydrogen (secondary N) is 2. The molecule has 0 spiro atoms. The molecule has 1 aromatic heterocycles.